The van der Waals surface area contributed by atoms with Gasteiger partial charge in [0.1, 0.15) is 0 Å². The van der Waals surface area contributed by atoms with Crippen molar-refractivity contribution in [1.29, 1.82) is 0 Å². The van der Waals surface area contributed by atoms with E-state index in [9.17, 15) is 0 Å². The van der Waals surface area contributed by atoms with Crippen LogP contribution in [-0.2, 0) is 0 Å². The number of aryl methyl sites for hydroxylation is 1. The maximum Gasteiger partial charge on any atom is 0.174 e. The maximum atomic E-state index is 9.06. The monoisotopic (exact) mass is 291 g/mol. The van der Waals surface area contributed by atoms with E-state index >= 15 is 0 Å². The van der Waals surface area contributed by atoms with Crippen LogP contribution in [0.4, 0.5) is 5.82 Å². The molecule has 1 aliphatic rings. The minimum atomic E-state index is 0.108. The largest absolute Gasteiger partial charge is 0.409 e. The number of amidine groups is 1. The molecule has 0 bridgehead atoms. The van der Waals surface area contributed by atoms with Gasteiger partial charge in [-0.25, -0.2) is 0 Å². The molecule has 0 saturated carbocycles. The minimum absolute atomic E-state index is 0.108. The molecule has 21 heavy (non-hydrogen) atoms. The van der Waals surface area contributed by atoms with E-state index in [2.05, 4.69) is 27.2 Å². The first-order valence-corrected chi connectivity index (χ1v) is 7.65. The van der Waals surface area contributed by atoms with E-state index in [1.165, 1.54) is 12.8 Å². The van der Waals surface area contributed by atoms with E-state index < -0.39 is 0 Å². The fourth-order valence-corrected chi connectivity index (χ4v) is 2.96. The average molecular weight is 291 g/mol. The van der Waals surface area contributed by atoms with Crippen molar-refractivity contribution in [3.63, 3.8) is 0 Å². The van der Waals surface area contributed by atoms with Gasteiger partial charge in [0, 0.05) is 13.1 Å². The van der Waals surface area contributed by atoms with E-state index in [1.807, 2.05) is 13.8 Å². The van der Waals surface area contributed by atoms with Crippen molar-refractivity contribution >= 4 is 11.7 Å². The standard InChI is InChI=1S/C15H25N5O/c1-4-12-6-5-8-20(9-7-12)15-13(14(16)19-21)10(2)11(3)17-18-15/h12,21H,4-9H2,1-3H3,(H2,16,19). The Morgan fingerprint density at radius 2 is 2.10 bits per heavy atom. The van der Waals surface area contributed by atoms with Crippen LogP contribution in [0.15, 0.2) is 5.16 Å². The molecule has 2 heterocycles. The second-order valence-corrected chi connectivity index (χ2v) is 5.79. The molecule has 1 fully saturated rings. The number of oxime groups is 1. The molecule has 1 atom stereocenters. The second-order valence-electron chi connectivity index (χ2n) is 5.79. The van der Waals surface area contributed by atoms with Gasteiger partial charge in [-0.1, -0.05) is 18.5 Å². The zero-order valence-electron chi connectivity index (χ0n) is 13.1. The number of hydrogen-bond donors (Lipinski definition) is 2. The van der Waals surface area contributed by atoms with Gasteiger partial charge in [0.15, 0.2) is 11.7 Å². The number of hydrogen-bond acceptors (Lipinski definition) is 5. The van der Waals surface area contributed by atoms with Gasteiger partial charge >= 0.3 is 0 Å². The lowest BCUT2D eigenvalue weighted by Crippen LogP contribution is -2.30. The Morgan fingerprint density at radius 3 is 2.76 bits per heavy atom. The Bertz CT molecular complexity index is 529. The summed E-state index contributed by atoms with van der Waals surface area (Å²) in [6, 6.07) is 0. The van der Waals surface area contributed by atoms with Gasteiger partial charge in [-0.05, 0) is 44.6 Å². The van der Waals surface area contributed by atoms with Crippen molar-refractivity contribution in [2.24, 2.45) is 16.8 Å². The van der Waals surface area contributed by atoms with E-state index in [1.54, 1.807) is 0 Å². The molecule has 0 spiro atoms. The molecule has 1 aromatic rings. The predicted molar refractivity (Wildman–Crippen MR) is 83.9 cm³/mol. The van der Waals surface area contributed by atoms with Crippen molar-refractivity contribution in [2.75, 3.05) is 18.0 Å². The Labute approximate surface area is 126 Å². The van der Waals surface area contributed by atoms with Crippen LogP contribution in [0.1, 0.15) is 49.4 Å². The molecule has 6 nitrogen and oxygen atoms in total. The smallest absolute Gasteiger partial charge is 0.174 e. The number of aromatic nitrogens is 2. The highest BCUT2D eigenvalue weighted by Crippen LogP contribution is 2.27. The molecule has 0 aromatic carbocycles. The first kappa shape index (κ1) is 15.5. The summed E-state index contributed by atoms with van der Waals surface area (Å²) < 4.78 is 0. The van der Waals surface area contributed by atoms with Crippen LogP contribution < -0.4 is 10.6 Å². The van der Waals surface area contributed by atoms with E-state index in [0.29, 0.717) is 5.56 Å². The Hall–Kier alpha value is -1.85. The molecular weight excluding hydrogens is 266 g/mol. The van der Waals surface area contributed by atoms with Crippen LogP contribution in [-0.4, -0.2) is 34.3 Å². The van der Waals surface area contributed by atoms with Gasteiger partial charge in [0.2, 0.25) is 0 Å². The zero-order chi connectivity index (χ0) is 15.4. The van der Waals surface area contributed by atoms with Crippen LogP contribution in [0.2, 0.25) is 0 Å². The van der Waals surface area contributed by atoms with Gasteiger partial charge in [-0.2, -0.15) is 5.10 Å². The molecule has 6 heteroatoms. The van der Waals surface area contributed by atoms with Crippen molar-refractivity contribution in [2.45, 2.75) is 46.5 Å². The molecule has 3 N–H and O–H groups in total. The summed E-state index contributed by atoms with van der Waals surface area (Å²) in [5.74, 6) is 1.63. The average Bonchev–Trinajstić information content (AvgIpc) is 2.74. The molecular formula is C15H25N5O. The molecule has 1 unspecified atom stereocenters. The molecule has 0 aliphatic carbocycles. The van der Waals surface area contributed by atoms with E-state index in [-0.39, 0.29) is 5.84 Å². The topological polar surface area (TPSA) is 87.6 Å². The van der Waals surface area contributed by atoms with Crippen LogP contribution in [0.5, 0.6) is 0 Å². The van der Waals surface area contributed by atoms with Gasteiger partial charge in [0.05, 0.1) is 11.3 Å². The van der Waals surface area contributed by atoms with Crippen molar-refractivity contribution in [1.82, 2.24) is 10.2 Å². The Morgan fingerprint density at radius 1 is 1.33 bits per heavy atom. The van der Waals surface area contributed by atoms with Crippen LogP contribution >= 0.6 is 0 Å². The first-order chi connectivity index (χ1) is 10.1. The predicted octanol–water partition coefficient (Wildman–Crippen LogP) is 2.20. The summed E-state index contributed by atoms with van der Waals surface area (Å²) in [6.45, 7) is 7.96. The van der Waals surface area contributed by atoms with Crippen LogP contribution in [0.25, 0.3) is 0 Å². The van der Waals surface area contributed by atoms with Gasteiger partial charge < -0.3 is 15.8 Å². The number of anilines is 1. The molecule has 1 aliphatic heterocycles. The lowest BCUT2D eigenvalue weighted by atomic mass is 9.98. The summed E-state index contributed by atoms with van der Waals surface area (Å²) in [5.41, 5.74) is 8.31. The third-order valence-electron chi connectivity index (χ3n) is 4.52. The summed E-state index contributed by atoms with van der Waals surface area (Å²) >= 11 is 0. The summed E-state index contributed by atoms with van der Waals surface area (Å²) in [7, 11) is 0. The number of nitrogens with two attached hydrogens (primary N) is 1. The zero-order valence-corrected chi connectivity index (χ0v) is 13.1. The molecule has 0 radical (unpaired) electrons. The molecule has 1 aromatic heterocycles. The fraction of sp³-hybridized carbons (Fsp3) is 0.667. The Balaban J connectivity index is 2.37. The SMILES string of the molecule is CCC1CCCN(c2nnc(C)c(C)c2C(N)=NO)CC1. The third kappa shape index (κ3) is 3.25. The van der Waals surface area contributed by atoms with Crippen LogP contribution in [0, 0.1) is 19.8 Å². The van der Waals surface area contributed by atoms with Crippen molar-refractivity contribution in [3.8, 4) is 0 Å². The van der Waals surface area contributed by atoms with Crippen LogP contribution in [0.3, 0.4) is 0 Å². The lowest BCUT2D eigenvalue weighted by molar-refractivity contribution is 0.318. The molecule has 1 saturated heterocycles. The minimum Gasteiger partial charge on any atom is -0.409 e. The highest BCUT2D eigenvalue weighted by molar-refractivity contribution is 6.02. The maximum absolute atomic E-state index is 9.06. The second kappa shape index (κ2) is 6.74. The summed E-state index contributed by atoms with van der Waals surface area (Å²) in [5, 5.41) is 20.8. The van der Waals surface area contributed by atoms with Gasteiger partial charge in [0.25, 0.3) is 0 Å². The van der Waals surface area contributed by atoms with Gasteiger partial charge in [-0.15, -0.1) is 5.10 Å². The van der Waals surface area contributed by atoms with E-state index in [0.717, 1.165) is 48.9 Å². The highest BCUT2D eigenvalue weighted by Gasteiger charge is 2.23. The van der Waals surface area contributed by atoms with E-state index in [4.69, 9.17) is 10.9 Å². The fourth-order valence-electron chi connectivity index (χ4n) is 2.96. The number of rotatable bonds is 3. The third-order valence-corrected chi connectivity index (χ3v) is 4.52. The highest BCUT2D eigenvalue weighted by atomic mass is 16.4. The number of nitrogens with zero attached hydrogens (tertiary/aromatic N) is 4. The molecule has 116 valence electrons. The molecule has 2 rings (SSSR count). The Kier molecular flexibility index (Phi) is 4.98. The van der Waals surface area contributed by atoms with Crippen molar-refractivity contribution in [3.05, 3.63) is 16.8 Å². The lowest BCUT2D eigenvalue weighted by Gasteiger charge is -2.24. The normalized spacial score (nSPS) is 20.4. The summed E-state index contributed by atoms with van der Waals surface area (Å²) in [4.78, 5) is 2.22. The summed E-state index contributed by atoms with van der Waals surface area (Å²) in [6.07, 6.45) is 4.77. The molecule has 0 amide bonds. The van der Waals surface area contributed by atoms with Gasteiger partial charge in [-0.3, -0.25) is 0 Å². The quantitative estimate of drug-likeness (QED) is 0.386. The van der Waals surface area contributed by atoms with Crippen molar-refractivity contribution < 1.29 is 5.21 Å². The first-order valence-electron chi connectivity index (χ1n) is 7.65.